The smallest absolute Gasteiger partial charge is 0.225 e. The van der Waals surface area contributed by atoms with Crippen LogP contribution in [-0.2, 0) is 6.54 Å². The van der Waals surface area contributed by atoms with Crippen molar-refractivity contribution >= 4 is 23.5 Å². The Morgan fingerprint density at radius 1 is 1.20 bits per heavy atom. The van der Waals surface area contributed by atoms with E-state index in [1.807, 2.05) is 42.5 Å². The van der Waals surface area contributed by atoms with E-state index in [0.717, 1.165) is 22.5 Å². The molecular formula is C19H15ClN4O. The second-order valence-electron chi connectivity index (χ2n) is 5.65. The van der Waals surface area contributed by atoms with Crippen LogP contribution in [0.25, 0.3) is 5.69 Å². The number of benzene rings is 2. The highest BCUT2D eigenvalue weighted by Crippen LogP contribution is 2.32. The zero-order chi connectivity index (χ0) is 17.4. The Balaban J connectivity index is 1.99. The summed E-state index contributed by atoms with van der Waals surface area (Å²) in [5.74, 6) is 0.704. The molecule has 1 aromatic heterocycles. The summed E-state index contributed by atoms with van der Waals surface area (Å²) >= 11 is 6.24. The molecule has 0 saturated carbocycles. The van der Waals surface area contributed by atoms with Crippen molar-refractivity contribution in [2.45, 2.75) is 6.54 Å². The number of aromatic hydroxyl groups is 1. The minimum atomic E-state index is 0.0497. The number of rotatable bonds is 2. The molecule has 0 atom stereocenters. The van der Waals surface area contributed by atoms with Crippen molar-refractivity contribution < 1.29 is 5.11 Å². The molecule has 0 spiro atoms. The lowest BCUT2D eigenvalue weighted by atomic mass is 10.0. The number of aromatic nitrogens is 2. The van der Waals surface area contributed by atoms with Gasteiger partial charge in [-0.25, -0.2) is 4.98 Å². The van der Waals surface area contributed by atoms with Gasteiger partial charge in [-0.15, -0.1) is 0 Å². The van der Waals surface area contributed by atoms with Crippen LogP contribution in [0.15, 0.2) is 58.5 Å². The predicted octanol–water partition coefficient (Wildman–Crippen LogP) is 3.63. The Morgan fingerprint density at radius 2 is 2.00 bits per heavy atom. The first-order valence-electron chi connectivity index (χ1n) is 7.82. The van der Waals surface area contributed by atoms with Crippen LogP contribution < -0.4 is 0 Å². The van der Waals surface area contributed by atoms with Crippen LogP contribution in [0.1, 0.15) is 22.6 Å². The standard InChI is InChI=1S/C19H15ClN4O/c1-21-10-15-19(25)24-16-8-7-13(20)9-14(16)18(22-11-17(24)23-15)12-5-3-2-4-6-12/h2-10,25H,11H2,1H3. The van der Waals surface area contributed by atoms with E-state index in [4.69, 9.17) is 16.6 Å². The zero-order valence-corrected chi connectivity index (χ0v) is 14.3. The maximum atomic E-state index is 10.6. The molecule has 2 heterocycles. The number of imidazole rings is 1. The van der Waals surface area contributed by atoms with E-state index in [1.54, 1.807) is 17.7 Å². The molecular weight excluding hydrogens is 336 g/mol. The van der Waals surface area contributed by atoms with E-state index in [2.05, 4.69) is 9.98 Å². The third-order valence-corrected chi connectivity index (χ3v) is 4.32. The van der Waals surface area contributed by atoms with Crippen LogP contribution >= 0.6 is 11.6 Å². The molecule has 0 saturated heterocycles. The van der Waals surface area contributed by atoms with Crippen molar-refractivity contribution in [1.29, 1.82) is 0 Å². The van der Waals surface area contributed by atoms with Crippen molar-refractivity contribution in [3.63, 3.8) is 0 Å². The average Bonchev–Trinajstić information content (AvgIpc) is 2.84. The van der Waals surface area contributed by atoms with E-state index < -0.39 is 0 Å². The Kier molecular flexibility index (Phi) is 3.86. The zero-order valence-electron chi connectivity index (χ0n) is 13.5. The van der Waals surface area contributed by atoms with Gasteiger partial charge in [-0.2, -0.15) is 0 Å². The average molecular weight is 351 g/mol. The first kappa shape index (κ1) is 15.6. The van der Waals surface area contributed by atoms with Gasteiger partial charge in [0.05, 0.1) is 24.2 Å². The van der Waals surface area contributed by atoms with E-state index in [9.17, 15) is 5.11 Å². The van der Waals surface area contributed by atoms with E-state index >= 15 is 0 Å². The molecule has 124 valence electrons. The van der Waals surface area contributed by atoms with Crippen LogP contribution in [0, 0.1) is 0 Å². The number of halogens is 1. The second kappa shape index (κ2) is 6.18. The van der Waals surface area contributed by atoms with Gasteiger partial charge in [-0.1, -0.05) is 41.9 Å². The van der Waals surface area contributed by atoms with Crippen LogP contribution in [-0.4, -0.2) is 33.6 Å². The van der Waals surface area contributed by atoms with Crippen LogP contribution in [0.5, 0.6) is 5.88 Å². The normalized spacial score (nSPS) is 13.3. The molecule has 3 aromatic rings. The summed E-state index contributed by atoms with van der Waals surface area (Å²) in [5.41, 5.74) is 3.89. The molecule has 0 unspecified atom stereocenters. The first-order valence-corrected chi connectivity index (χ1v) is 8.19. The summed E-state index contributed by atoms with van der Waals surface area (Å²) in [5, 5.41) is 11.2. The Morgan fingerprint density at radius 3 is 2.76 bits per heavy atom. The molecule has 0 radical (unpaired) electrons. The van der Waals surface area contributed by atoms with Gasteiger partial charge >= 0.3 is 0 Å². The summed E-state index contributed by atoms with van der Waals surface area (Å²) in [4.78, 5) is 13.2. The fourth-order valence-corrected chi connectivity index (χ4v) is 3.19. The van der Waals surface area contributed by atoms with Gasteiger partial charge in [0.1, 0.15) is 11.5 Å². The Hall–Kier alpha value is -2.92. The second-order valence-corrected chi connectivity index (χ2v) is 6.09. The molecule has 25 heavy (non-hydrogen) atoms. The predicted molar refractivity (Wildman–Crippen MR) is 99.5 cm³/mol. The highest BCUT2D eigenvalue weighted by atomic mass is 35.5. The number of aliphatic imine (C=N–C) groups is 2. The van der Waals surface area contributed by atoms with Crippen molar-refractivity contribution in [3.8, 4) is 11.6 Å². The lowest BCUT2D eigenvalue weighted by molar-refractivity contribution is 0.439. The number of fused-ring (bicyclic) bond motifs is 3. The van der Waals surface area contributed by atoms with Crippen LogP contribution in [0.2, 0.25) is 5.02 Å². The van der Waals surface area contributed by atoms with Gasteiger partial charge in [0.25, 0.3) is 0 Å². The highest BCUT2D eigenvalue weighted by molar-refractivity contribution is 6.31. The largest absolute Gasteiger partial charge is 0.493 e. The van der Waals surface area contributed by atoms with E-state index in [-0.39, 0.29) is 5.88 Å². The van der Waals surface area contributed by atoms with Crippen molar-refractivity contribution in [2.75, 3.05) is 7.05 Å². The van der Waals surface area contributed by atoms with Crippen molar-refractivity contribution in [2.24, 2.45) is 9.98 Å². The van der Waals surface area contributed by atoms with Crippen molar-refractivity contribution in [3.05, 3.63) is 76.2 Å². The first-order chi connectivity index (χ1) is 12.2. The lowest BCUT2D eigenvalue weighted by Crippen LogP contribution is -2.07. The molecule has 1 N–H and O–H groups in total. The molecule has 1 aliphatic heterocycles. The number of hydrogen-bond acceptors (Lipinski definition) is 4. The van der Waals surface area contributed by atoms with Gasteiger partial charge < -0.3 is 5.11 Å². The Bertz CT molecular complexity index is 1010. The molecule has 5 nitrogen and oxygen atoms in total. The Labute approximate surface area is 150 Å². The summed E-state index contributed by atoms with van der Waals surface area (Å²) < 4.78 is 1.71. The maximum absolute atomic E-state index is 10.6. The minimum Gasteiger partial charge on any atom is -0.493 e. The third-order valence-electron chi connectivity index (χ3n) is 4.08. The SMILES string of the molecule is CN=Cc1nc2n(c1O)-c1ccc(Cl)cc1C(c1ccccc1)=NC2. The molecule has 1 aliphatic rings. The molecule has 0 aliphatic carbocycles. The van der Waals surface area contributed by atoms with Crippen LogP contribution in [0.4, 0.5) is 0 Å². The third kappa shape index (κ3) is 2.62. The van der Waals surface area contributed by atoms with Crippen LogP contribution in [0.3, 0.4) is 0 Å². The molecule has 6 heteroatoms. The van der Waals surface area contributed by atoms with Gasteiger partial charge in [0.15, 0.2) is 0 Å². The lowest BCUT2D eigenvalue weighted by Gasteiger charge is -2.13. The highest BCUT2D eigenvalue weighted by Gasteiger charge is 2.24. The molecule has 2 aromatic carbocycles. The fourth-order valence-electron chi connectivity index (χ4n) is 3.01. The maximum Gasteiger partial charge on any atom is 0.225 e. The molecule has 0 amide bonds. The quantitative estimate of drug-likeness (QED) is 0.717. The van der Waals surface area contributed by atoms with E-state index in [1.165, 1.54) is 6.21 Å². The molecule has 0 bridgehead atoms. The van der Waals surface area contributed by atoms with Gasteiger partial charge in [0, 0.05) is 23.2 Å². The number of hydrogen-bond donors (Lipinski definition) is 1. The number of nitrogens with zero attached hydrogens (tertiary/aromatic N) is 4. The van der Waals surface area contributed by atoms with Crippen molar-refractivity contribution in [1.82, 2.24) is 9.55 Å². The summed E-state index contributed by atoms with van der Waals surface area (Å²) in [6.07, 6.45) is 1.54. The molecule has 4 rings (SSSR count). The summed E-state index contributed by atoms with van der Waals surface area (Å²) in [7, 11) is 1.64. The van der Waals surface area contributed by atoms with E-state index in [0.29, 0.717) is 23.1 Å². The fraction of sp³-hybridized carbons (Fsp3) is 0.105. The minimum absolute atomic E-state index is 0.0497. The monoisotopic (exact) mass is 350 g/mol. The van der Waals surface area contributed by atoms with Gasteiger partial charge in [-0.3, -0.25) is 14.6 Å². The molecule has 0 fully saturated rings. The summed E-state index contributed by atoms with van der Waals surface area (Å²) in [6, 6.07) is 15.5. The van der Waals surface area contributed by atoms with Gasteiger partial charge in [0.2, 0.25) is 5.88 Å². The summed E-state index contributed by atoms with van der Waals surface area (Å²) in [6.45, 7) is 0.349. The van der Waals surface area contributed by atoms with Gasteiger partial charge in [-0.05, 0) is 18.2 Å². The topological polar surface area (TPSA) is 62.8 Å².